The van der Waals surface area contributed by atoms with Crippen LogP contribution in [0.4, 0.5) is 5.88 Å². The molecule has 0 atom stereocenters. The van der Waals surface area contributed by atoms with Gasteiger partial charge in [0.15, 0.2) is 0 Å². The number of likely N-dealkylation sites (N-methyl/N-ethyl adjacent to an activating group) is 1. The number of amides is 1. The summed E-state index contributed by atoms with van der Waals surface area (Å²) in [6.07, 6.45) is 1.89. The first-order valence-corrected chi connectivity index (χ1v) is 10.0. The number of aromatic nitrogens is 2. The van der Waals surface area contributed by atoms with Crippen molar-refractivity contribution in [1.82, 2.24) is 10.2 Å². The van der Waals surface area contributed by atoms with Gasteiger partial charge in [-0.15, -0.1) is 0 Å². The Morgan fingerprint density at radius 3 is 2.67 bits per heavy atom. The zero-order chi connectivity index (χ0) is 19.1. The summed E-state index contributed by atoms with van der Waals surface area (Å²) in [4.78, 5) is 28.0. The molecule has 0 radical (unpaired) electrons. The average molecular weight is 390 g/mol. The Bertz CT molecular complexity index is 759. The van der Waals surface area contributed by atoms with Crippen LogP contribution in [0.3, 0.4) is 0 Å². The van der Waals surface area contributed by atoms with E-state index in [9.17, 15) is 9.59 Å². The number of benzene rings is 1. The molecule has 1 amide bonds. The predicted molar refractivity (Wildman–Crippen MR) is 103 cm³/mol. The van der Waals surface area contributed by atoms with Gasteiger partial charge in [-0.1, -0.05) is 49.0 Å². The number of hydrogen-bond donors (Lipinski definition) is 1. The second-order valence-electron chi connectivity index (χ2n) is 6.17. The number of anilines is 1. The minimum Gasteiger partial charge on any atom is -0.300 e. The summed E-state index contributed by atoms with van der Waals surface area (Å²) in [5, 5.41) is 8.69. The molecule has 3 rings (SSSR count). The van der Waals surface area contributed by atoms with Gasteiger partial charge < -0.3 is 0 Å². The standard InChI is InChI=1S/C18H23N5O3S/c1-2-21-9-11-22(12-10-21)23-14-17(26-20-23)19-16(24)8-13-27-18(25)15-6-4-3-5-7-15/h3-7,14H,2,8-13H2,1H3/p+1. The molecule has 0 saturated carbocycles. The molecule has 0 unspecified atom stereocenters. The summed E-state index contributed by atoms with van der Waals surface area (Å²) in [6, 6.07) is 9.04. The Balaban J connectivity index is 1.41. The van der Waals surface area contributed by atoms with E-state index in [4.69, 9.17) is 4.52 Å². The molecule has 1 aromatic heterocycles. The van der Waals surface area contributed by atoms with Crippen molar-refractivity contribution < 1.29 is 18.9 Å². The second-order valence-corrected chi connectivity index (χ2v) is 7.24. The lowest BCUT2D eigenvalue weighted by Crippen LogP contribution is -2.65. The van der Waals surface area contributed by atoms with E-state index < -0.39 is 0 Å². The monoisotopic (exact) mass is 390 g/mol. The van der Waals surface area contributed by atoms with E-state index in [-0.39, 0.29) is 17.4 Å². The number of nitrogens with one attached hydrogen (secondary N) is 1. The second kappa shape index (κ2) is 9.52. The lowest BCUT2D eigenvalue weighted by atomic mass is 10.2. The van der Waals surface area contributed by atoms with E-state index in [2.05, 4.69) is 27.4 Å². The molecule has 9 heteroatoms. The molecule has 1 aromatic carbocycles. The zero-order valence-corrected chi connectivity index (χ0v) is 16.2. The van der Waals surface area contributed by atoms with Gasteiger partial charge in [-0.3, -0.25) is 24.3 Å². The predicted octanol–water partition coefficient (Wildman–Crippen LogP) is 1.14. The summed E-state index contributed by atoms with van der Waals surface area (Å²) >= 11 is 1.13. The van der Waals surface area contributed by atoms with Crippen molar-refractivity contribution in [3.63, 3.8) is 0 Å². The molecule has 1 fully saturated rings. The van der Waals surface area contributed by atoms with Gasteiger partial charge in [0.05, 0.1) is 17.9 Å². The Labute approximate surface area is 162 Å². The number of piperazine rings is 1. The third kappa shape index (κ3) is 5.54. The molecular weight excluding hydrogens is 366 g/mol. The molecule has 1 N–H and O–H groups in total. The van der Waals surface area contributed by atoms with Crippen LogP contribution in [0.5, 0.6) is 0 Å². The molecule has 1 saturated heterocycles. The lowest BCUT2D eigenvalue weighted by molar-refractivity contribution is -0.759. The lowest BCUT2D eigenvalue weighted by Gasteiger charge is -2.28. The van der Waals surface area contributed by atoms with E-state index in [1.165, 1.54) is 0 Å². The van der Waals surface area contributed by atoms with Crippen molar-refractivity contribution in [2.45, 2.75) is 13.3 Å². The molecule has 1 aliphatic rings. The van der Waals surface area contributed by atoms with Crippen molar-refractivity contribution in [3.05, 3.63) is 42.1 Å². The molecule has 0 aliphatic carbocycles. The van der Waals surface area contributed by atoms with E-state index >= 15 is 0 Å². The molecule has 2 aromatic rings. The fraction of sp³-hybridized carbons (Fsp3) is 0.444. The van der Waals surface area contributed by atoms with Crippen LogP contribution in [0.15, 0.2) is 41.1 Å². The highest BCUT2D eigenvalue weighted by Gasteiger charge is 2.25. The van der Waals surface area contributed by atoms with Crippen LogP contribution in [0.2, 0.25) is 0 Å². The topological polar surface area (TPSA) is 82.6 Å². The van der Waals surface area contributed by atoms with Gasteiger partial charge >= 0.3 is 5.88 Å². The van der Waals surface area contributed by atoms with Crippen molar-refractivity contribution in [2.24, 2.45) is 0 Å². The number of thioether (sulfide) groups is 1. The maximum Gasteiger partial charge on any atom is 0.305 e. The number of rotatable bonds is 7. The number of carbonyl (C=O) groups excluding carboxylic acids is 2. The summed E-state index contributed by atoms with van der Waals surface area (Å²) in [5.74, 6) is 0.506. The Morgan fingerprint density at radius 1 is 1.22 bits per heavy atom. The highest BCUT2D eigenvalue weighted by atomic mass is 32.2. The minimum absolute atomic E-state index is 0.0351. The van der Waals surface area contributed by atoms with Crippen LogP contribution >= 0.6 is 11.8 Å². The quantitative estimate of drug-likeness (QED) is 0.710. The van der Waals surface area contributed by atoms with Crippen LogP contribution in [-0.4, -0.2) is 59.7 Å². The molecule has 0 spiro atoms. The summed E-state index contributed by atoms with van der Waals surface area (Å²) < 4.78 is 5.19. The normalized spacial score (nSPS) is 14.9. The van der Waals surface area contributed by atoms with Crippen LogP contribution in [0.1, 0.15) is 23.7 Å². The molecule has 8 nitrogen and oxygen atoms in total. The van der Waals surface area contributed by atoms with E-state index in [1.807, 2.05) is 18.2 Å². The first-order valence-electron chi connectivity index (χ1n) is 9.04. The van der Waals surface area contributed by atoms with Gasteiger partial charge in [-0.25, -0.2) is 0 Å². The van der Waals surface area contributed by atoms with E-state index in [1.54, 1.807) is 23.1 Å². The third-order valence-corrected chi connectivity index (χ3v) is 5.28. The van der Waals surface area contributed by atoms with Crippen molar-refractivity contribution in [2.75, 3.05) is 48.8 Å². The molecular formula is C18H24N5O3S+. The van der Waals surface area contributed by atoms with Crippen molar-refractivity contribution in [3.8, 4) is 0 Å². The van der Waals surface area contributed by atoms with Crippen molar-refractivity contribution in [1.29, 1.82) is 0 Å². The maximum absolute atomic E-state index is 12.0. The summed E-state index contributed by atoms with van der Waals surface area (Å²) in [7, 11) is 0. The van der Waals surface area contributed by atoms with Gasteiger partial charge in [-0.05, 0) is 6.54 Å². The SMILES string of the molecule is CCN1CCN([n+]2cc(NC(=O)CCSC(=O)c3ccccc3)on2)CC1. The molecule has 144 valence electrons. The molecule has 1 aliphatic heterocycles. The van der Waals surface area contributed by atoms with Gasteiger partial charge in [-0.2, -0.15) is 5.01 Å². The number of nitrogens with zero attached hydrogens (tertiary/aromatic N) is 4. The molecule has 2 heterocycles. The third-order valence-electron chi connectivity index (χ3n) is 4.38. The fourth-order valence-electron chi connectivity index (χ4n) is 2.78. The highest BCUT2D eigenvalue weighted by Crippen LogP contribution is 2.13. The Hall–Kier alpha value is -2.39. The smallest absolute Gasteiger partial charge is 0.300 e. The Kier molecular flexibility index (Phi) is 6.83. The molecule has 27 heavy (non-hydrogen) atoms. The maximum atomic E-state index is 12.0. The van der Waals surface area contributed by atoms with Gasteiger partial charge in [0, 0.05) is 30.8 Å². The van der Waals surface area contributed by atoms with Crippen LogP contribution in [-0.2, 0) is 4.79 Å². The number of carbonyl (C=O) groups is 2. The minimum atomic E-state index is -0.206. The summed E-state index contributed by atoms with van der Waals surface area (Å²) in [6.45, 7) is 6.87. The molecule has 0 bridgehead atoms. The highest BCUT2D eigenvalue weighted by molar-refractivity contribution is 8.14. The van der Waals surface area contributed by atoms with Gasteiger partial charge in [0.25, 0.3) is 6.20 Å². The fourth-order valence-corrected chi connectivity index (χ4v) is 3.55. The first kappa shape index (κ1) is 19.4. The van der Waals surface area contributed by atoms with Gasteiger partial charge in [0.1, 0.15) is 0 Å². The van der Waals surface area contributed by atoms with Crippen LogP contribution < -0.4 is 15.1 Å². The number of hydrogen-bond acceptors (Lipinski definition) is 7. The summed E-state index contributed by atoms with van der Waals surface area (Å²) in [5.41, 5.74) is 0.641. The van der Waals surface area contributed by atoms with Crippen molar-refractivity contribution >= 4 is 28.7 Å². The Morgan fingerprint density at radius 2 is 1.96 bits per heavy atom. The van der Waals surface area contributed by atoms with Gasteiger partial charge in [0.2, 0.25) is 16.3 Å². The average Bonchev–Trinajstić information content (AvgIpc) is 3.17. The van der Waals surface area contributed by atoms with Crippen LogP contribution in [0, 0.1) is 0 Å². The first-order chi connectivity index (χ1) is 13.2. The largest absolute Gasteiger partial charge is 0.305 e. The zero-order valence-electron chi connectivity index (χ0n) is 15.3. The van der Waals surface area contributed by atoms with Crippen LogP contribution in [0.25, 0.3) is 0 Å². The van der Waals surface area contributed by atoms with E-state index in [0.717, 1.165) is 44.5 Å². The van der Waals surface area contributed by atoms with E-state index in [0.29, 0.717) is 17.2 Å².